The molecule has 1 saturated carbocycles. The average Bonchev–Trinajstić information content (AvgIpc) is 2.18. The zero-order chi connectivity index (χ0) is 10.6. The molecule has 0 spiro atoms. The van der Waals surface area contributed by atoms with Crippen LogP contribution in [0.4, 0.5) is 0 Å². The van der Waals surface area contributed by atoms with Gasteiger partial charge in [-0.3, -0.25) is 0 Å². The van der Waals surface area contributed by atoms with E-state index in [0.717, 1.165) is 25.7 Å². The van der Waals surface area contributed by atoms with Gasteiger partial charge in [0.25, 0.3) is 0 Å². The van der Waals surface area contributed by atoms with Gasteiger partial charge >= 0.3 is 0 Å². The Morgan fingerprint density at radius 1 is 1.36 bits per heavy atom. The zero-order valence-corrected chi connectivity index (χ0v) is 10.1. The number of halogens is 1. The lowest BCUT2D eigenvalue weighted by molar-refractivity contribution is 0.282. The summed E-state index contributed by atoms with van der Waals surface area (Å²) < 4.78 is 25.3. The molecule has 3 nitrogen and oxygen atoms in total. The molecule has 1 fully saturated rings. The largest absolute Gasteiger partial charge is 0.225 e. The van der Waals surface area contributed by atoms with E-state index >= 15 is 0 Å². The Labute approximate surface area is 91.3 Å². The fraction of sp³-hybridized carbons (Fsp3) is 1.00. The van der Waals surface area contributed by atoms with Crippen LogP contribution in [0.2, 0.25) is 0 Å². The summed E-state index contributed by atoms with van der Waals surface area (Å²) >= 11 is 5.35. The van der Waals surface area contributed by atoms with Gasteiger partial charge in [-0.05, 0) is 18.8 Å². The molecule has 0 radical (unpaired) electrons. The Kier molecular flexibility index (Phi) is 4.67. The maximum Gasteiger partial charge on any atom is 0.225 e. The lowest BCUT2D eigenvalue weighted by atomic mass is 9.83. The van der Waals surface area contributed by atoms with Crippen LogP contribution >= 0.6 is 11.6 Å². The molecule has 1 aliphatic rings. The first kappa shape index (κ1) is 12.3. The minimum atomic E-state index is -3.25. The first-order valence-corrected chi connectivity index (χ1v) is 7.33. The van der Waals surface area contributed by atoms with Gasteiger partial charge in [-0.15, -0.1) is 11.6 Å². The molecular weight excluding hydrogens is 222 g/mol. The van der Waals surface area contributed by atoms with Gasteiger partial charge in [0.2, 0.25) is 10.0 Å². The van der Waals surface area contributed by atoms with E-state index in [2.05, 4.69) is 11.6 Å². The molecule has 1 N–H and O–H groups in total. The van der Waals surface area contributed by atoms with Crippen molar-refractivity contribution in [3.05, 3.63) is 0 Å². The van der Waals surface area contributed by atoms with Crippen LogP contribution in [0.25, 0.3) is 0 Å². The van der Waals surface area contributed by atoms with E-state index in [9.17, 15) is 8.42 Å². The Balaban J connectivity index is 2.57. The Morgan fingerprint density at radius 3 is 2.57 bits per heavy atom. The van der Waals surface area contributed by atoms with E-state index in [1.807, 2.05) is 0 Å². The maximum absolute atomic E-state index is 11.3. The minimum absolute atomic E-state index is 0.109. The predicted octanol–water partition coefficient (Wildman–Crippen LogP) is 2.07. The van der Waals surface area contributed by atoms with Crippen LogP contribution in [0.3, 0.4) is 0 Å². The quantitative estimate of drug-likeness (QED) is 0.764. The number of rotatable bonds is 4. The van der Waals surface area contributed by atoms with Crippen molar-refractivity contribution in [1.82, 2.24) is 4.72 Å². The van der Waals surface area contributed by atoms with E-state index in [-0.39, 0.29) is 11.3 Å². The number of hydrogen-bond acceptors (Lipinski definition) is 2. The van der Waals surface area contributed by atoms with Crippen LogP contribution < -0.4 is 4.72 Å². The van der Waals surface area contributed by atoms with Gasteiger partial charge < -0.3 is 0 Å². The molecule has 0 heterocycles. The highest BCUT2D eigenvalue weighted by Gasteiger charge is 2.26. The standard InChI is InChI=1S/C9H18ClNO2S/c1-2-8-5-3-4-6-9(8)11-14(12,13)7-10/h8-9,11H,2-7H2,1H3. The summed E-state index contributed by atoms with van der Waals surface area (Å²) in [7, 11) is -3.25. The molecule has 2 unspecified atom stereocenters. The van der Waals surface area contributed by atoms with Crippen LogP contribution in [0, 0.1) is 5.92 Å². The van der Waals surface area contributed by atoms with Crippen molar-refractivity contribution in [2.24, 2.45) is 5.92 Å². The number of alkyl halides is 1. The second-order valence-corrected chi connectivity index (χ2v) is 6.24. The van der Waals surface area contributed by atoms with Gasteiger partial charge in [0.1, 0.15) is 5.21 Å². The fourth-order valence-corrected chi connectivity index (χ4v) is 3.14. The molecule has 0 aromatic carbocycles. The SMILES string of the molecule is CCC1CCCCC1NS(=O)(=O)CCl. The van der Waals surface area contributed by atoms with Crippen molar-refractivity contribution in [2.45, 2.75) is 45.1 Å². The predicted molar refractivity (Wildman–Crippen MR) is 58.8 cm³/mol. The van der Waals surface area contributed by atoms with Gasteiger partial charge in [-0.1, -0.05) is 26.2 Å². The highest BCUT2D eigenvalue weighted by Crippen LogP contribution is 2.27. The van der Waals surface area contributed by atoms with Crippen molar-refractivity contribution >= 4 is 21.6 Å². The summed E-state index contributed by atoms with van der Waals surface area (Å²) in [4.78, 5) is 0. The summed E-state index contributed by atoms with van der Waals surface area (Å²) in [6.45, 7) is 2.11. The van der Waals surface area contributed by atoms with Gasteiger partial charge in [0, 0.05) is 6.04 Å². The molecule has 14 heavy (non-hydrogen) atoms. The highest BCUT2D eigenvalue weighted by atomic mass is 35.5. The van der Waals surface area contributed by atoms with Gasteiger partial charge in [0.05, 0.1) is 0 Å². The highest BCUT2D eigenvalue weighted by molar-refractivity contribution is 7.90. The van der Waals surface area contributed by atoms with E-state index in [1.54, 1.807) is 0 Å². The maximum atomic E-state index is 11.3. The molecule has 1 rings (SSSR count). The summed E-state index contributed by atoms with van der Waals surface area (Å²) in [6, 6.07) is 0.109. The third kappa shape index (κ3) is 3.41. The molecular formula is C9H18ClNO2S. The van der Waals surface area contributed by atoms with Crippen LogP contribution in [-0.2, 0) is 10.0 Å². The van der Waals surface area contributed by atoms with Crippen molar-refractivity contribution in [3.63, 3.8) is 0 Å². The van der Waals surface area contributed by atoms with Crippen LogP contribution in [0.15, 0.2) is 0 Å². The molecule has 1 aliphatic carbocycles. The summed E-state index contributed by atoms with van der Waals surface area (Å²) in [5, 5.41) is -0.333. The van der Waals surface area contributed by atoms with Crippen molar-refractivity contribution in [1.29, 1.82) is 0 Å². The van der Waals surface area contributed by atoms with Crippen molar-refractivity contribution in [3.8, 4) is 0 Å². The fourth-order valence-electron chi connectivity index (χ4n) is 2.11. The van der Waals surface area contributed by atoms with E-state index in [1.165, 1.54) is 6.42 Å². The third-order valence-electron chi connectivity index (χ3n) is 2.91. The van der Waals surface area contributed by atoms with E-state index in [4.69, 9.17) is 11.6 Å². The Bertz CT molecular complexity index is 266. The number of sulfonamides is 1. The molecule has 0 aliphatic heterocycles. The molecule has 0 aromatic rings. The molecule has 0 saturated heterocycles. The third-order valence-corrected chi connectivity index (χ3v) is 4.72. The summed E-state index contributed by atoms with van der Waals surface area (Å²) in [6.07, 6.45) is 5.46. The monoisotopic (exact) mass is 239 g/mol. The van der Waals surface area contributed by atoms with Crippen LogP contribution in [0.1, 0.15) is 39.0 Å². The van der Waals surface area contributed by atoms with E-state index < -0.39 is 10.0 Å². The lowest BCUT2D eigenvalue weighted by Crippen LogP contribution is -2.42. The minimum Gasteiger partial charge on any atom is -0.211 e. The molecule has 0 amide bonds. The van der Waals surface area contributed by atoms with Crippen LogP contribution in [0.5, 0.6) is 0 Å². The molecule has 0 aromatic heterocycles. The molecule has 84 valence electrons. The normalized spacial score (nSPS) is 29.0. The topological polar surface area (TPSA) is 46.2 Å². The molecule has 5 heteroatoms. The van der Waals surface area contributed by atoms with E-state index in [0.29, 0.717) is 5.92 Å². The summed E-state index contributed by atoms with van der Waals surface area (Å²) in [5.74, 6) is 0.488. The number of nitrogens with one attached hydrogen (secondary N) is 1. The molecule has 2 atom stereocenters. The van der Waals surface area contributed by atoms with Crippen molar-refractivity contribution < 1.29 is 8.42 Å². The zero-order valence-electron chi connectivity index (χ0n) is 8.50. The lowest BCUT2D eigenvalue weighted by Gasteiger charge is -2.30. The second-order valence-electron chi connectivity index (χ2n) is 3.90. The van der Waals surface area contributed by atoms with Gasteiger partial charge in [-0.2, -0.15) is 0 Å². The van der Waals surface area contributed by atoms with Gasteiger partial charge in [-0.25, -0.2) is 13.1 Å². The summed E-state index contributed by atoms with van der Waals surface area (Å²) in [5.41, 5.74) is 0. The van der Waals surface area contributed by atoms with Gasteiger partial charge in [0.15, 0.2) is 0 Å². The molecule has 0 bridgehead atoms. The Hall–Kier alpha value is 0.200. The van der Waals surface area contributed by atoms with Crippen LogP contribution in [-0.4, -0.2) is 19.7 Å². The second kappa shape index (κ2) is 5.33. The first-order chi connectivity index (χ1) is 6.59. The first-order valence-electron chi connectivity index (χ1n) is 5.15. The smallest absolute Gasteiger partial charge is 0.211 e. The Morgan fingerprint density at radius 2 is 2.00 bits per heavy atom. The van der Waals surface area contributed by atoms with Crippen molar-refractivity contribution in [2.75, 3.05) is 5.21 Å². The number of hydrogen-bond donors (Lipinski definition) is 1. The average molecular weight is 240 g/mol.